The van der Waals surface area contributed by atoms with Crippen molar-refractivity contribution >= 4 is 5.97 Å². The molecule has 2 unspecified atom stereocenters. The number of rotatable bonds is 4. The van der Waals surface area contributed by atoms with E-state index >= 15 is 0 Å². The summed E-state index contributed by atoms with van der Waals surface area (Å²) >= 11 is 0. The number of hydrogen-bond donors (Lipinski definition) is 2. The molecule has 0 saturated heterocycles. The second-order valence-electron chi connectivity index (χ2n) is 2.97. The molecule has 0 spiro atoms. The first kappa shape index (κ1) is 14.0. The van der Waals surface area contributed by atoms with Crippen LogP contribution in [0.2, 0.25) is 0 Å². The lowest BCUT2D eigenvalue weighted by atomic mass is 9.92. The van der Waals surface area contributed by atoms with Crippen molar-refractivity contribution in [1.82, 2.24) is 0 Å². The van der Waals surface area contributed by atoms with E-state index in [4.69, 9.17) is 5.11 Å². The van der Waals surface area contributed by atoms with Gasteiger partial charge >= 0.3 is 17.7 Å². The van der Waals surface area contributed by atoms with Crippen molar-refractivity contribution in [3.63, 3.8) is 0 Å². The number of carbonyl (C=O) groups is 1. The van der Waals surface area contributed by atoms with Gasteiger partial charge in [-0.1, -0.05) is 0 Å². The monoisotopic (exact) mass is 239 g/mol. The van der Waals surface area contributed by atoms with Crippen LogP contribution < -0.4 is 5.73 Å². The number of carboxylic acids is 1. The smallest absolute Gasteiger partial charge is 0.363 e. The van der Waals surface area contributed by atoms with Gasteiger partial charge in [0.05, 0.1) is 0 Å². The predicted molar refractivity (Wildman–Crippen MR) is 36.1 cm³/mol. The molecule has 3 nitrogen and oxygen atoms in total. The normalized spacial score (nSPS) is 20.9. The number of alkyl halides is 6. The van der Waals surface area contributed by atoms with Gasteiger partial charge in [0.15, 0.2) is 0 Å². The zero-order chi connectivity index (χ0) is 12.7. The maximum absolute atomic E-state index is 12.8. The van der Waals surface area contributed by atoms with Crippen LogP contribution in [-0.2, 0) is 4.79 Å². The minimum Gasteiger partial charge on any atom is -0.478 e. The van der Waals surface area contributed by atoms with Crippen molar-refractivity contribution in [3.8, 4) is 0 Å². The summed E-state index contributed by atoms with van der Waals surface area (Å²) in [5.41, 5.74) is -0.714. The van der Waals surface area contributed by atoms with Crippen LogP contribution in [0.15, 0.2) is 0 Å². The largest absolute Gasteiger partial charge is 0.478 e. The average molecular weight is 239 g/mol. The number of halogens is 6. The van der Waals surface area contributed by atoms with Crippen molar-refractivity contribution in [1.29, 1.82) is 0 Å². The first-order valence-electron chi connectivity index (χ1n) is 3.45. The van der Waals surface area contributed by atoms with E-state index in [2.05, 4.69) is 5.73 Å². The molecule has 0 aromatic heterocycles. The molecule has 0 fully saturated rings. The Morgan fingerprint density at radius 2 is 1.60 bits per heavy atom. The fourth-order valence-corrected chi connectivity index (χ4v) is 0.627. The van der Waals surface area contributed by atoms with E-state index in [1.807, 2.05) is 0 Å². The van der Waals surface area contributed by atoms with Crippen LogP contribution in [0.3, 0.4) is 0 Å². The minimum absolute atomic E-state index is 0.332. The van der Waals surface area contributed by atoms with E-state index in [0.717, 1.165) is 0 Å². The van der Waals surface area contributed by atoms with Gasteiger partial charge in [-0.05, 0) is 6.92 Å². The van der Waals surface area contributed by atoms with Gasteiger partial charge in [0.1, 0.15) is 0 Å². The lowest BCUT2D eigenvalue weighted by Crippen LogP contribution is -2.67. The molecular weight excluding hydrogens is 232 g/mol. The first-order chi connectivity index (χ1) is 6.39. The summed E-state index contributed by atoms with van der Waals surface area (Å²) in [7, 11) is 0. The van der Waals surface area contributed by atoms with Gasteiger partial charge in [0.2, 0.25) is 5.67 Å². The van der Waals surface area contributed by atoms with Gasteiger partial charge in [-0.2, -0.15) is 8.78 Å². The van der Waals surface area contributed by atoms with Crippen molar-refractivity contribution in [3.05, 3.63) is 0 Å². The summed E-state index contributed by atoms with van der Waals surface area (Å²) in [4.78, 5) is 9.95. The Morgan fingerprint density at radius 3 is 1.80 bits per heavy atom. The van der Waals surface area contributed by atoms with Gasteiger partial charge in [0, 0.05) is 0 Å². The molecule has 90 valence electrons. The van der Waals surface area contributed by atoms with E-state index in [-0.39, 0.29) is 6.92 Å². The highest BCUT2D eigenvalue weighted by Crippen LogP contribution is 2.44. The summed E-state index contributed by atoms with van der Waals surface area (Å²) in [5.74, 6) is -13.4. The highest BCUT2D eigenvalue weighted by atomic mass is 19.3. The minimum atomic E-state index is -5.57. The zero-order valence-electron chi connectivity index (χ0n) is 7.28. The van der Waals surface area contributed by atoms with Crippen molar-refractivity contribution in [2.45, 2.75) is 30.7 Å². The van der Waals surface area contributed by atoms with Gasteiger partial charge in [-0.3, -0.25) is 5.73 Å². The Bertz CT molecular complexity index is 264. The maximum Gasteiger partial charge on any atom is 0.363 e. The number of hydrogen-bond acceptors (Lipinski definition) is 2. The predicted octanol–water partition coefficient (Wildman–Crippen LogP) is 1.32. The van der Waals surface area contributed by atoms with Gasteiger partial charge in [0.25, 0.3) is 6.43 Å². The number of nitrogens with two attached hydrogens (primary N) is 1. The fourth-order valence-electron chi connectivity index (χ4n) is 0.627. The Morgan fingerprint density at radius 1 is 1.27 bits per heavy atom. The topological polar surface area (TPSA) is 63.3 Å². The Hall–Kier alpha value is -0.990. The molecule has 0 aliphatic rings. The van der Waals surface area contributed by atoms with Gasteiger partial charge in [-0.25, -0.2) is 22.4 Å². The molecule has 0 aliphatic carbocycles. The van der Waals surface area contributed by atoms with Crippen LogP contribution in [0.25, 0.3) is 0 Å². The first-order valence-corrected chi connectivity index (χ1v) is 3.45. The van der Waals surface area contributed by atoms with Gasteiger partial charge in [-0.15, -0.1) is 0 Å². The molecule has 0 heterocycles. The summed E-state index contributed by atoms with van der Waals surface area (Å²) in [5, 5.41) is 7.93. The zero-order valence-corrected chi connectivity index (χ0v) is 7.28. The van der Waals surface area contributed by atoms with E-state index in [9.17, 15) is 31.1 Å². The average Bonchev–Trinajstić information content (AvgIpc) is 2.02. The van der Waals surface area contributed by atoms with Crippen LogP contribution in [0.4, 0.5) is 26.3 Å². The quantitative estimate of drug-likeness (QED) is 0.574. The molecule has 0 amide bonds. The van der Waals surface area contributed by atoms with Crippen molar-refractivity contribution < 1.29 is 36.2 Å². The molecule has 0 saturated carbocycles. The van der Waals surface area contributed by atoms with E-state index in [1.165, 1.54) is 0 Å². The van der Waals surface area contributed by atoms with Crippen molar-refractivity contribution in [2.75, 3.05) is 0 Å². The molecule has 2 atom stereocenters. The third-order valence-electron chi connectivity index (χ3n) is 1.79. The van der Waals surface area contributed by atoms with E-state index in [0.29, 0.717) is 0 Å². The molecular formula is C6H7F6NO2. The summed E-state index contributed by atoms with van der Waals surface area (Å²) in [6, 6.07) is 0. The lowest BCUT2D eigenvalue weighted by Gasteiger charge is -2.34. The number of carboxylic acid groups (broad SMARTS) is 1. The standard InChI is InChI=1S/C6H7F6NO2/c1-4(9,2(7)8)6(11,12)5(10,13)3(14)15/h2H,13H2,1H3,(H,14,15). The lowest BCUT2D eigenvalue weighted by molar-refractivity contribution is -0.252. The highest BCUT2D eigenvalue weighted by Gasteiger charge is 2.72. The van der Waals surface area contributed by atoms with Crippen LogP contribution in [0, 0.1) is 0 Å². The van der Waals surface area contributed by atoms with Crippen LogP contribution >= 0.6 is 0 Å². The fraction of sp³-hybridized carbons (Fsp3) is 0.833. The molecule has 0 aliphatic heterocycles. The second-order valence-corrected chi connectivity index (χ2v) is 2.97. The molecule has 0 rings (SSSR count). The molecule has 0 aromatic carbocycles. The molecule has 0 radical (unpaired) electrons. The van der Waals surface area contributed by atoms with E-state index in [1.54, 1.807) is 0 Å². The number of aliphatic carboxylic acids is 1. The van der Waals surface area contributed by atoms with Crippen LogP contribution in [0.1, 0.15) is 6.92 Å². The molecule has 9 heteroatoms. The Balaban J connectivity index is 5.40. The molecule has 0 bridgehead atoms. The van der Waals surface area contributed by atoms with Gasteiger partial charge < -0.3 is 5.11 Å². The Kier molecular flexibility index (Phi) is 3.31. The summed E-state index contributed by atoms with van der Waals surface area (Å²) < 4.78 is 74.6. The second kappa shape index (κ2) is 3.54. The summed E-state index contributed by atoms with van der Waals surface area (Å²) in [6.45, 7) is -0.332. The van der Waals surface area contributed by atoms with Crippen LogP contribution in [0.5, 0.6) is 0 Å². The van der Waals surface area contributed by atoms with E-state index < -0.39 is 29.8 Å². The highest BCUT2D eigenvalue weighted by molar-refractivity contribution is 5.78. The third kappa shape index (κ3) is 1.87. The molecule has 15 heavy (non-hydrogen) atoms. The summed E-state index contributed by atoms with van der Waals surface area (Å²) in [6.07, 6.45) is -4.29. The Labute approximate surface area is 79.9 Å². The molecule has 0 aromatic rings. The SMILES string of the molecule is CC(F)(C(F)F)C(F)(F)C(N)(F)C(=O)O. The van der Waals surface area contributed by atoms with Crippen molar-refractivity contribution in [2.24, 2.45) is 5.73 Å². The maximum atomic E-state index is 12.8. The van der Waals surface area contributed by atoms with Crippen LogP contribution in [-0.4, -0.2) is 34.9 Å². The third-order valence-corrected chi connectivity index (χ3v) is 1.79. The molecule has 3 N–H and O–H groups in total.